The molecule has 1 fully saturated rings. The molecule has 0 radical (unpaired) electrons. The van der Waals surface area contributed by atoms with Crippen LogP contribution in [0.3, 0.4) is 0 Å². The summed E-state index contributed by atoms with van der Waals surface area (Å²) >= 11 is 0. The van der Waals surface area contributed by atoms with Gasteiger partial charge >= 0.3 is 0 Å². The maximum absolute atomic E-state index is 8.37. The summed E-state index contributed by atoms with van der Waals surface area (Å²) in [5.41, 5.74) is 5.41. The van der Waals surface area contributed by atoms with Crippen LogP contribution in [-0.2, 0) is 0 Å². The lowest BCUT2D eigenvalue weighted by Crippen LogP contribution is -2.33. The summed E-state index contributed by atoms with van der Waals surface area (Å²) in [5, 5.41) is 11.3. The van der Waals surface area contributed by atoms with Crippen molar-refractivity contribution < 1.29 is 5.21 Å². The molecule has 0 bridgehead atoms. The Bertz CT molecular complexity index is 164. The molecule has 4 heteroatoms. The lowest BCUT2D eigenvalue weighted by atomic mass is 10.2. The highest BCUT2D eigenvalue weighted by Crippen LogP contribution is 2.13. The second-order valence-corrected chi connectivity index (χ2v) is 3.39. The van der Waals surface area contributed by atoms with Gasteiger partial charge in [-0.3, -0.25) is 0 Å². The van der Waals surface area contributed by atoms with E-state index in [0.717, 1.165) is 13.1 Å². The summed E-state index contributed by atoms with van der Waals surface area (Å²) in [6, 6.07) is 0.406. The Morgan fingerprint density at radius 2 is 2.17 bits per heavy atom. The standard InChI is InChI=1S/C8H17N3O/c1-7(6-8(9)10-12)11-4-2-3-5-11/h7,12H,2-6H2,1H3,(H2,9,10). The third kappa shape index (κ3) is 2.37. The fourth-order valence-electron chi connectivity index (χ4n) is 1.65. The Morgan fingerprint density at radius 1 is 1.58 bits per heavy atom. The largest absolute Gasteiger partial charge is 0.409 e. The highest BCUT2D eigenvalue weighted by molar-refractivity contribution is 5.80. The van der Waals surface area contributed by atoms with Crippen molar-refractivity contribution in [2.45, 2.75) is 32.2 Å². The summed E-state index contributed by atoms with van der Waals surface area (Å²) in [4.78, 5) is 2.37. The van der Waals surface area contributed by atoms with E-state index < -0.39 is 0 Å². The van der Waals surface area contributed by atoms with Gasteiger partial charge in [0.2, 0.25) is 0 Å². The maximum Gasteiger partial charge on any atom is 0.140 e. The van der Waals surface area contributed by atoms with Crippen molar-refractivity contribution in [2.75, 3.05) is 13.1 Å². The van der Waals surface area contributed by atoms with E-state index in [4.69, 9.17) is 10.9 Å². The molecule has 1 unspecified atom stereocenters. The van der Waals surface area contributed by atoms with Crippen LogP contribution < -0.4 is 5.73 Å². The number of rotatable bonds is 3. The number of amidine groups is 1. The third-order valence-corrected chi connectivity index (χ3v) is 2.40. The number of hydrogen-bond acceptors (Lipinski definition) is 3. The van der Waals surface area contributed by atoms with Crippen molar-refractivity contribution >= 4 is 5.84 Å². The molecule has 0 aromatic carbocycles. The molecule has 1 saturated heterocycles. The quantitative estimate of drug-likeness (QED) is 0.283. The topological polar surface area (TPSA) is 61.9 Å². The molecule has 1 rings (SSSR count). The predicted octanol–water partition coefficient (Wildman–Crippen LogP) is 0.607. The van der Waals surface area contributed by atoms with E-state index in [-0.39, 0.29) is 0 Å². The van der Waals surface area contributed by atoms with Crippen LogP contribution in [0.2, 0.25) is 0 Å². The highest BCUT2D eigenvalue weighted by Gasteiger charge is 2.18. The molecule has 0 aromatic rings. The molecule has 1 atom stereocenters. The van der Waals surface area contributed by atoms with Crippen LogP contribution in [0.4, 0.5) is 0 Å². The Labute approximate surface area is 73.0 Å². The zero-order valence-corrected chi connectivity index (χ0v) is 7.53. The van der Waals surface area contributed by atoms with E-state index in [0.29, 0.717) is 18.3 Å². The Kier molecular flexibility index (Phi) is 3.34. The van der Waals surface area contributed by atoms with Crippen LogP contribution in [0.1, 0.15) is 26.2 Å². The van der Waals surface area contributed by atoms with Crippen molar-refractivity contribution in [2.24, 2.45) is 10.9 Å². The average molecular weight is 171 g/mol. The Morgan fingerprint density at radius 3 is 2.67 bits per heavy atom. The van der Waals surface area contributed by atoms with Crippen molar-refractivity contribution in [1.82, 2.24) is 4.90 Å². The second kappa shape index (κ2) is 4.30. The molecule has 0 aromatic heterocycles. The molecule has 0 amide bonds. The van der Waals surface area contributed by atoms with E-state index in [2.05, 4.69) is 17.0 Å². The van der Waals surface area contributed by atoms with E-state index in [9.17, 15) is 0 Å². The molecular weight excluding hydrogens is 154 g/mol. The van der Waals surface area contributed by atoms with Gasteiger partial charge in [0.15, 0.2) is 0 Å². The predicted molar refractivity (Wildman–Crippen MR) is 48.3 cm³/mol. The van der Waals surface area contributed by atoms with E-state index in [1.165, 1.54) is 12.8 Å². The number of nitrogens with two attached hydrogens (primary N) is 1. The average Bonchev–Trinajstić information content (AvgIpc) is 2.56. The Balaban J connectivity index is 2.31. The van der Waals surface area contributed by atoms with Gasteiger partial charge in [0.25, 0.3) is 0 Å². The van der Waals surface area contributed by atoms with Crippen LogP contribution in [0.15, 0.2) is 5.16 Å². The van der Waals surface area contributed by atoms with Crippen molar-refractivity contribution in [1.29, 1.82) is 0 Å². The van der Waals surface area contributed by atoms with Crippen molar-refractivity contribution in [3.05, 3.63) is 0 Å². The fraction of sp³-hybridized carbons (Fsp3) is 0.875. The monoisotopic (exact) mass is 171 g/mol. The molecule has 1 aliphatic heterocycles. The van der Waals surface area contributed by atoms with Gasteiger partial charge in [-0.1, -0.05) is 5.16 Å². The summed E-state index contributed by atoms with van der Waals surface area (Å²) in [6.45, 7) is 4.42. The van der Waals surface area contributed by atoms with Crippen LogP contribution >= 0.6 is 0 Å². The molecule has 1 heterocycles. The molecule has 12 heavy (non-hydrogen) atoms. The fourth-order valence-corrected chi connectivity index (χ4v) is 1.65. The second-order valence-electron chi connectivity index (χ2n) is 3.39. The molecule has 0 spiro atoms. The maximum atomic E-state index is 8.37. The SMILES string of the molecule is CC(CC(N)=NO)N1CCCC1. The zero-order chi connectivity index (χ0) is 8.97. The molecule has 1 aliphatic rings. The van der Waals surface area contributed by atoms with Gasteiger partial charge in [-0.05, 0) is 32.9 Å². The van der Waals surface area contributed by atoms with Gasteiger partial charge < -0.3 is 15.8 Å². The first-order valence-corrected chi connectivity index (χ1v) is 4.44. The van der Waals surface area contributed by atoms with Crippen LogP contribution in [0.5, 0.6) is 0 Å². The van der Waals surface area contributed by atoms with Crippen LogP contribution in [0, 0.1) is 0 Å². The van der Waals surface area contributed by atoms with E-state index in [1.807, 2.05) is 0 Å². The van der Waals surface area contributed by atoms with Gasteiger partial charge in [-0.15, -0.1) is 0 Å². The number of likely N-dealkylation sites (tertiary alicyclic amines) is 1. The Hall–Kier alpha value is -0.770. The number of nitrogens with zero attached hydrogens (tertiary/aromatic N) is 2. The molecule has 0 saturated carbocycles. The summed E-state index contributed by atoms with van der Waals surface area (Å²) < 4.78 is 0. The van der Waals surface area contributed by atoms with Crippen LogP contribution in [-0.4, -0.2) is 35.1 Å². The lowest BCUT2D eigenvalue weighted by Gasteiger charge is -2.22. The van der Waals surface area contributed by atoms with E-state index >= 15 is 0 Å². The summed E-state index contributed by atoms with van der Waals surface area (Å²) in [7, 11) is 0. The molecule has 3 N–H and O–H groups in total. The van der Waals surface area contributed by atoms with Crippen molar-refractivity contribution in [3.8, 4) is 0 Å². The highest BCUT2D eigenvalue weighted by atomic mass is 16.4. The first-order valence-electron chi connectivity index (χ1n) is 4.44. The van der Waals surface area contributed by atoms with Gasteiger partial charge in [0, 0.05) is 12.5 Å². The van der Waals surface area contributed by atoms with Crippen LogP contribution in [0.25, 0.3) is 0 Å². The normalized spacial score (nSPS) is 22.9. The number of oxime groups is 1. The van der Waals surface area contributed by atoms with Gasteiger partial charge in [0.1, 0.15) is 5.84 Å². The molecule has 0 aliphatic carbocycles. The zero-order valence-electron chi connectivity index (χ0n) is 7.53. The number of hydrogen-bond donors (Lipinski definition) is 2. The minimum absolute atomic E-state index is 0.328. The lowest BCUT2D eigenvalue weighted by molar-refractivity contribution is 0.260. The smallest absolute Gasteiger partial charge is 0.140 e. The third-order valence-electron chi connectivity index (χ3n) is 2.40. The molecule has 70 valence electrons. The van der Waals surface area contributed by atoms with E-state index in [1.54, 1.807) is 0 Å². The first-order chi connectivity index (χ1) is 5.74. The molecular formula is C8H17N3O. The summed E-state index contributed by atoms with van der Waals surface area (Å²) in [6.07, 6.45) is 3.22. The van der Waals surface area contributed by atoms with Gasteiger partial charge in [-0.25, -0.2) is 0 Å². The summed E-state index contributed by atoms with van der Waals surface area (Å²) in [5.74, 6) is 0.328. The minimum atomic E-state index is 0.328. The van der Waals surface area contributed by atoms with Gasteiger partial charge in [0.05, 0.1) is 0 Å². The van der Waals surface area contributed by atoms with Crippen molar-refractivity contribution in [3.63, 3.8) is 0 Å². The molecule has 4 nitrogen and oxygen atoms in total. The first kappa shape index (κ1) is 9.32. The van der Waals surface area contributed by atoms with Gasteiger partial charge in [-0.2, -0.15) is 0 Å². The minimum Gasteiger partial charge on any atom is -0.409 e.